The van der Waals surface area contributed by atoms with Crippen molar-refractivity contribution in [2.45, 2.75) is 19.8 Å². The van der Waals surface area contributed by atoms with Crippen molar-refractivity contribution in [3.05, 3.63) is 69.1 Å². The topological polar surface area (TPSA) is 117 Å². The molecular weight excluding hydrogens is 448 g/mol. The van der Waals surface area contributed by atoms with Crippen molar-refractivity contribution in [2.24, 2.45) is 11.7 Å². The van der Waals surface area contributed by atoms with E-state index >= 15 is 0 Å². The summed E-state index contributed by atoms with van der Waals surface area (Å²) in [6, 6.07) is 13.6. The Kier molecular flexibility index (Phi) is 5.59. The summed E-state index contributed by atoms with van der Waals surface area (Å²) in [6.45, 7) is 3.00. The first kappa shape index (κ1) is 21.8. The van der Waals surface area contributed by atoms with E-state index in [1.807, 2.05) is 42.2 Å². The first-order chi connectivity index (χ1) is 16.5. The second-order valence-electron chi connectivity index (χ2n) is 8.36. The largest absolute Gasteiger partial charge is 0.369 e. The number of carbonyl (C=O) groups excluding carboxylic acids is 1. The van der Waals surface area contributed by atoms with Gasteiger partial charge < -0.3 is 10.6 Å². The number of anilines is 1. The van der Waals surface area contributed by atoms with Crippen LogP contribution in [0.2, 0.25) is 0 Å². The smallest absolute Gasteiger partial charge is 0.267 e. The Labute approximate surface area is 199 Å². The van der Waals surface area contributed by atoms with Crippen LogP contribution in [0.5, 0.6) is 0 Å². The second kappa shape index (κ2) is 8.72. The number of nitrogens with zero attached hydrogens (tertiary/aromatic N) is 5. The third kappa shape index (κ3) is 3.82. The number of aryl methyl sites for hydroxylation is 1. The number of pyridine rings is 1. The van der Waals surface area contributed by atoms with Crippen LogP contribution in [0.15, 0.2) is 47.4 Å². The van der Waals surface area contributed by atoms with Gasteiger partial charge in [0.2, 0.25) is 5.91 Å². The number of para-hydroxylation sites is 1. The summed E-state index contributed by atoms with van der Waals surface area (Å²) in [5.74, 6) is 0.0248. The van der Waals surface area contributed by atoms with E-state index in [0.717, 1.165) is 15.8 Å². The van der Waals surface area contributed by atoms with Gasteiger partial charge in [-0.2, -0.15) is 5.26 Å². The number of thiazole rings is 1. The Balaban J connectivity index is 1.68. The second-order valence-corrected chi connectivity index (χ2v) is 9.39. The number of hydrogen-bond acceptors (Lipinski definition) is 7. The number of benzene rings is 1. The van der Waals surface area contributed by atoms with Gasteiger partial charge in [-0.25, -0.2) is 9.97 Å². The standard InChI is InChI=1S/C25H22N6O2S/c1-15-5-4-10-31-22(15)29-23(30-11-8-16(9-12-30)21(27)32)18(25(31)33)13-17(14-26)24-28-19-6-2-3-7-20(19)34-24/h2-7,10,13,16H,8-9,11-12H2,1H3,(H2,27,32). The minimum atomic E-state index is -0.301. The number of amides is 1. The average Bonchev–Trinajstić information content (AvgIpc) is 3.28. The number of nitrogens with two attached hydrogens (primary N) is 1. The number of primary amides is 1. The predicted octanol–water partition coefficient (Wildman–Crippen LogP) is 3.38. The van der Waals surface area contributed by atoms with Crippen LogP contribution in [0.4, 0.5) is 5.82 Å². The monoisotopic (exact) mass is 470 g/mol. The first-order valence-electron chi connectivity index (χ1n) is 11.0. The van der Waals surface area contributed by atoms with E-state index in [9.17, 15) is 14.9 Å². The van der Waals surface area contributed by atoms with Crippen LogP contribution in [0.25, 0.3) is 27.5 Å². The molecule has 0 spiro atoms. The van der Waals surface area contributed by atoms with Crippen LogP contribution in [0.3, 0.4) is 0 Å². The fourth-order valence-electron chi connectivity index (χ4n) is 4.32. The van der Waals surface area contributed by atoms with Crippen molar-refractivity contribution in [1.82, 2.24) is 14.4 Å². The van der Waals surface area contributed by atoms with Crippen molar-refractivity contribution in [3.8, 4) is 6.07 Å². The van der Waals surface area contributed by atoms with Gasteiger partial charge in [0.05, 0.1) is 21.4 Å². The van der Waals surface area contributed by atoms with Gasteiger partial charge in [-0.15, -0.1) is 11.3 Å². The molecule has 4 heterocycles. The van der Waals surface area contributed by atoms with Gasteiger partial charge in [-0.1, -0.05) is 18.2 Å². The molecule has 1 aliphatic heterocycles. The Morgan fingerprint density at radius 3 is 2.68 bits per heavy atom. The third-order valence-electron chi connectivity index (χ3n) is 6.19. The minimum Gasteiger partial charge on any atom is -0.369 e. The lowest BCUT2D eigenvalue weighted by molar-refractivity contribution is -0.122. The summed E-state index contributed by atoms with van der Waals surface area (Å²) in [5.41, 5.74) is 8.13. The molecular formula is C25H22N6O2S. The van der Waals surface area contributed by atoms with Crippen LogP contribution < -0.4 is 16.2 Å². The highest BCUT2D eigenvalue weighted by molar-refractivity contribution is 7.19. The molecule has 3 aromatic heterocycles. The summed E-state index contributed by atoms with van der Waals surface area (Å²) in [4.78, 5) is 36.7. The van der Waals surface area contributed by atoms with Gasteiger partial charge in [0.25, 0.3) is 5.56 Å². The van der Waals surface area contributed by atoms with Gasteiger partial charge >= 0.3 is 0 Å². The normalized spacial score (nSPS) is 15.1. The van der Waals surface area contributed by atoms with E-state index in [4.69, 9.17) is 10.7 Å². The predicted molar refractivity (Wildman–Crippen MR) is 133 cm³/mol. The zero-order chi connectivity index (χ0) is 23.8. The molecule has 4 aromatic rings. The van der Waals surface area contributed by atoms with Crippen molar-refractivity contribution in [2.75, 3.05) is 18.0 Å². The molecule has 1 amide bonds. The zero-order valence-electron chi connectivity index (χ0n) is 18.6. The van der Waals surface area contributed by atoms with E-state index in [2.05, 4.69) is 11.1 Å². The van der Waals surface area contributed by atoms with E-state index in [1.54, 1.807) is 18.3 Å². The van der Waals surface area contributed by atoms with E-state index in [0.29, 0.717) is 53.5 Å². The maximum atomic E-state index is 13.6. The van der Waals surface area contributed by atoms with Crippen molar-refractivity contribution in [3.63, 3.8) is 0 Å². The molecule has 1 aliphatic rings. The van der Waals surface area contributed by atoms with Crippen LogP contribution >= 0.6 is 11.3 Å². The van der Waals surface area contributed by atoms with Gasteiger partial charge in [0, 0.05) is 25.2 Å². The first-order valence-corrected chi connectivity index (χ1v) is 11.8. The quantitative estimate of drug-likeness (QED) is 0.457. The summed E-state index contributed by atoms with van der Waals surface area (Å²) in [5, 5.41) is 10.5. The van der Waals surface area contributed by atoms with Crippen LogP contribution in [0, 0.1) is 24.2 Å². The molecule has 0 radical (unpaired) electrons. The molecule has 5 rings (SSSR count). The Morgan fingerprint density at radius 1 is 1.21 bits per heavy atom. The van der Waals surface area contributed by atoms with E-state index in [1.165, 1.54) is 15.7 Å². The van der Waals surface area contributed by atoms with Crippen molar-refractivity contribution < 1.29 is 4.79 Å². The lowest BCUT2D eigenvalue weighted by Crippen LogP contribution is -2.40. The number of aromatic nitrogens is 3. The van der Waals surface area contributed by atoms with E-state index in [-0.39, 0.29) is 17.4 Å². The number of rotatable bonds is 4. The number of hydrogen-bond donors (Lipinski definition) is 1. The maximum absolute atomic E-state index is 13.6. The summed E-state index contributed by atoms with van der Waals surface area (Å²) in [6.07, 6.45) is 4.46. The van der Waals surface area contributed by atoms with Crippen LogP contribution in [0.1, 0.15) is 29.0 Å². The lowest BCUT2D eigenvalue weighted by atomic mass is 9.96. The fourth-order valence-corrected chi connectivity index (χ4v) is 5.25. The molecule has 0 saturated carbocycles. The molecule has 170 valence electrons. The highest BCUT2D eigenvalue weighted by Gasteiger charge is 2.27. The van der Waals surface area contributed by atoms with Gasteiger partial charge in [0.1, 0.15) is 22.5 Å². The molecule has 2 N–H and O–H groups in total. The van der Waals surface area contributed by atoms with Gasteiger partial charge in [-0.3, -0.25) is 14.0 Å². The average molecular weight is 471 g/mol. The third-order valence-corrected chi connectivity index (χ3v) is 7.26. The Hall–Kier alpha value is -4.03. The summed E-state index contributed by atoms with van der Waals surface area (Å²) in [7, 11) is 0. The van der Waals surface area contributed by atoms with E-state index < -0.39 is 0 Å². The number of carbonyl (C=O) groups is 1. The molecule has 9 heteroatoms. The fraction of sp³-hybridized carbons (Fsp3) is 0.240. The highest BCUT2D eigenvalue weighted by atomic mass is 32.1. The molecule has 0 atom stereocenters. The number of allylic oxidation sites excluding steroid dienone is 1. The Morgan fingerprint density at radius 2 is 1.97 bits per heavy atom. The molecule has 0 aliphatic carbocycles. The van der Waals surface area contributed by atoms with Crippen molar-refractivity contribution in [1.29, 1.82) is 5.26 Å². The molecule has 0 bridgehead atoms. The van der Waals surface area contributed by atoms with Crippen LogP contribution in [-0.4, -0.2) is 33.4 Å². The number of nitriles is 1. The lowest BCUT2D eigenvalue weighted by Gasteiger charge is -2.32. The zero-order valence-corrected chi connectivity index (χ0v) is 19.4. The summed E-state index contributed by atoms with van der Waals surface area (Å²) >= 11 is 1.41. The molecule has 0 unspecified atom stereocenters. The number of piperidine rings is 1. The summed E-state index contributed by atoms with van der Waals surface area (Å²) < 4.78 is 2.48. The SMILES string of the molecule is Cc1cccn2c(=O)c(C=C(C#N)c3nc4ccccc4s3)c(N3CCC(C(N)=O)CC3)nc12. The molecule has 1 fully saturated rings. The molecule has 8 nitrogen and oxygen atoms in total. The van der Waals surface area contributed by atoms with Gasteiger partial charge in [-0.05, 0) is 49.6 Å². The maximum Gasteiger partial charge on any atom is 0.267 e. The highest BCUT2D eigenvalue weighted by Crippen LogP contribution is 2.30. The minimum absolute atomic E-state index is 0.184. The number of fused-ring (bicyclic) bond motifs is 2. The molecule has 1 aromatic carbocycles. The molecule has 34 heavy (non-hydrogen) atoms. The molecule has 1 saturated heterocycles. The van der Waals surface area contributed by atoms with Gasteiger partial charge in [0.15, 0.2) is 0 Å². The Bertz CT molecular complexity index is 1520. The van der Waals surface area contributed by atoms with Crippen LogP contribution in [-0.2, 0) is 4.79 Å². The van der Waals surface area contributed by atoms with Crippen molar-refractivity contribution >= 4 is 50.6 Å².